The molecule has 15 heavy (non-hydrogen) atoms. The van der Waals surface area contributed by atoms with Crippen LogP contribution in [-0.4, -0.2) is 4.98 Å². The maximum Gasteiger partial charge on any atom is 0.0535 e. The number of hydrogen-bond donors (Lipinski definition) is 1. The van der Waals surface area contributed by atoms with Crippen molar-refractivity contribution in [2.75, 3.05) is 0 Å². The third kappa shape index (κ3) is 1.54. The Bertz CT molecular complexity index is 483. The van der Waals surface area contributed by atoms with E-state index in [-0.39, 0.29) is 0 Å². The lowest BCUT2D eigenvalue weighted by Crippen LogP contribution is -1.74. The van der Waals surface area contributed by atoms with Crippen molar-refractivity contribution in [2.45, 2.75) is 0 Å². The van der Waals surface area contributed by atoms with Gasteiger partial charge in [0, 0.05) is 22.3 Å². The van der Waals surface area contributed by atoms with Crippen LogP contribution in [0, 0.1) is 0 Å². The highest BCUT2D eigenvalue weighted by Crippen LogP contribution is 2.38. The smallest absolute Gasteiger partial charge is 0.0535 e. The van der Waals surface area contributed by atoms with Gasteiger partial charge in [-0.1, -0.05) is 6.07 Å². The molecule has 0 spiro atoms. The van der Waals surface area contributed by atoms with Gasteiger partial charge in [0.05, 0.1) is 4.88 Å². The van der Waals surface area contributed by atoms with Crippen LogP contribution in [0.1, 0.15) is 0 Å². The Balaban J connectivity index is 2.15. The summed E-state index contributed by atoms with van der Waals surface area (Å²) >= 11 is 3.58. The Labute approximate surface area is 96.0 Å². The fourth-order valence-corrected chi connectivity index (χ4v) is 3.41. The molecule has 74 valence electrons. The highest BCUT2D eigenvalue weighted by Gasteiger charge is 2.09. The molecule has 0 amide bonds. The van der Waals surface area contributed by atoms with Crippen molar-refractivity contribution in [3.8, 4) is 21.0 Å². The molecule has 0 atom stereocenters. The largest absolute Gasteiger partial charge is 0.361 e. The van der Waals surface area contributed by atoms with Crippen LogP contribution in [0.15, 0.2) is 47.3 Å². The highest BCUT2D eigenvalue weighted by molar-refractivity contribution is 7.20. The van der Waals surface area contributed by atoms with Crippen molar-refractivity contribution >= 4 is 22.7 Å². The number of hydrogen-bond acceptors (Lipinski definition) is 2. The summed E-state index contributed by atoms with van der Waals surface area (Å²) in [7, 11) is 0. The van der Waals surface area contributed by atoms with E-state index in [1.54, 1.807) is 22.7 Å². The molecule has 0 fully saturated rings. The number of nitrogens with one attached hydrogen (secondary N) is 1. The van der Waals surface area contributed by atoms with E-state index in [4.69, 9.17) is 0 Å². The molecule has 0 bridgehead atoms. The molecule has 0 aliphatic carbocycles. The molecule has 0 saturated carbocycles. The van der Waals surface area contributed by atoms with E-state index in [1.165, 1.54) is 21.0 Å². The normalized spacial score (nSPS) is 10.7. The lowest BCUT2D eigenvalue weighted by molar-refractivity contribution is 1.41. The molecule has 3 aromatic rings. The molecule has 3 aromatic heterocycles. The van der Waals surface area contributed by atoms with Crippen LogP contribution < -0.4 is 0 Å². The van der Waals surface area contributed by atoms with Gasteiger partial charge in [0.25, 0.3) is 0 Å². The summed E-state index contributed by atoms with van der Waals surface area (Å²) < 4.78 is 0. The molecule has 0 aromatic carbocycles. The van der Waals surface area contributed by atoms with Crippen LogP contribution in [-0.2, 0) is 0 Å². The predicted octanol–water partition coefficient (Wildman–Crippen LogP) is 4.47. The highest BCUT2D eigenvalue weighted by atomic mass is 32.1. The average molecular weight is 231 g/mol. The summed E-state index contributed by atoms with van der Waals surface area (Å²) in [5, 5.41) is 4.26. The van der Waals surface area contributed by atoms with Gasteiger partial charge in [0.2, 0.25) is 0 Å². The first-order chi connectivity index (χ1) is 7.45. The van der Waals surface area contributed by atoms with E-state index in [9.17, 15) is 0 Å². The molecule has 0 aliphatic rings. The molecule has 3 rings (SSSR count). The Hall–Kier alpha value is -1.32. The Kier molecular flexibility index (Phi) is 2.19. The van der Waals surface area contributed by atoms with Crippen molar-refractivity contribution in [3.63, 3.8) is 0 Å². The minimum Gasteiger partial charge on any atom is -0.361 e. The minimum absolute atomic E-state index is 1.19. The van der Waals surface area contributed by atoms with Gasteiger partial charge in [-0.15, -0.1) is 22.7 Å². The van der Waals surface area contributed by atoms with Gasteiger partial charge in [-0.25, -0.2) is 0 Å². The van der Waals surface area contributed by atoms with Gasteiger partial charge in [0.1, 0.15) is 0 Å². The molecule has 0 aliphatic heterocycles. The monoisotopic (exact) mass is 231 g/mol. The first kappa shape index (κ1) is 8.95. The predicted molar refractivity (Wildman–Crippen MR) is 67.4 cm³/mol. The third-order valence-electron chi connectivity index (χ3n) is 2.30. The van der Waals surface area contributed by atoms with Crippen LogP contribution >= 0.6 is 22.7 Å². The van der Waals surface area contributed by atoms with Crippen LogP contribution in [0.2, 0.25) is 0 Å². The lowest BCUT2D eigenvalue weighted by atomic mass is 10.2. The van der Waals surface area contributed by atoms with Crippen LogP contribution in [0.25, 0.3) is 21.0 Å². The summed E-state index contributed by atoms with van der Waals surface area (Å²) in [4.78, 5) is 5.95. The zero-order valence-corrected chi connectivity index (χ0v) is 9.57. The van der Waals surface area contributed by atoms with Gasteiger partial charge in [-0.05, 0) is 35.0 Å². The number of thiophene rings is 2. The van der Waals surface area contributed by atoms with Gasteiger partial charge < -0.3 is 4.98 Å². The second-order valence-electron chi connectivity index (χ2n) is 3.22. The third-order valence-corrected chi connectivity index (χ3v) is 4.26. The molecule has 3 heterocycles. The summed E-state index contributed by atoms with van der Waals surface area (Å²) in [5.41, 5.74) is 2.49. The Morgan fingerprint density at radius 1 is 0.933 bits per heavy atom. The average Bonchev–Trinajstić information content (AvgIpc) is 3.01. The molecule has 1 N–H and O–H groups in total. The maximum absolute atomic E-state index is 3.25. The molecule has 0 radical (unpaired) electrons. The Morgan fingerprint density at radius 2 is 1.93 bits per heavy atom. The van der Waals surface area contributed by atoms with Crippen molar-refractivity contribution in [3.05, 3.63) is 47.3 Å². The van der Waals surface area contributed by atoms with Gasteiger partial charge >= 0.3 is 0 Å². The SMILES string of the molecule is c1c[nH]c(-c2ccsc2-c2cccs2)c1. The number of H-pyrrole nitrogens is 1. The standard InChI is InChI=1S/C12H9NS2/c1-3-10(13-6-1)9-5-8-15-12(9)11-4-2-7-14-11/h1-8,13H. The number of rotatable bonds is 2. The molecule has 0 unspecified atom stereocenters. The van der Waals surface area contributed by atoms with E-state index in [1.807, 2.05) is 12.3 Å². The van der Waals surface area contributed by atoms with Gasteiger partial charge in [-0.2, -0.15) is 0 Å². The van der Waals surface area contributed by atoms with Crippen LogP contribution in [0.3, 0.4) is 0 Å². The van der Waals surface area contributed by atoms with Gasteiger partial charge in [-0.3, -0.25) is 0 Å². The zero-order chi connectivity index (χ0) is 10.1. The van der Waals surface area contributed by atoms with E-state index in [0.717, 1.165) is 0 Å². The summed E-state index contributed by atoms with van der Waals surface area (Å²) in [6, 6.07) is 10.6. The molecular formula is C12H9NS2. The number of aromatic amines is 1. The Morgan fingerprint density at radius 3 is 2.67 bits per heavy atom. The zero-order valence-electron chi connectivity index (χ0n) is 7.94. The second-order valence-corrected chi connectivity index (χ2v) is 5.09. The summed E-state index contributed by atoms with van der Waals surface area (Å²) in [6.45, 7) is 0. The summed E-state index contributed by atoms with van der Waals surface area (Å²) in [5.74, 6) is 0. The molecule has 0 saturated heterocycles. The lowest BCUT2D eigenvalue weighted by Gasteiger charge is -1.98. The summed E-state index contributed by atoms with van der Waals surface area (Å²) in [6.07, 6.45) is 1.96. The van der Waals surface area contributed by atoms with Crippen molar-refractivity contribution in [1.82, 2.24) is 4.98 Å². The van der Waals surface area contributed by atoms with E-state index in [0.29, 0.717) is 0 Å². The first-order valence-electron chi connectivity index (χ1n) is 4.70. The van der Waals surface area contributed by atoms with E-state index < -0.39 is 0 Å². The first-order valence-corrected chi connectivity index (χ1v) is 6.46. The van der Waals surface area contributed by atoms with Crippen LogP contribution in [0.5, 0.6) is 0 Å². The number of aromatic nitrogens is 1. The molecule has 1 nitrogen and oxygen atoms in total. The quantitative estimate of drug-likeness (QED) is 0.669. The fraction of sp³-hybridized carbons (Fsp3) is 0. The maximum atomic E-state index is 3.25. The van der Waals surface area contributed by atoms with Crippen molar-refractivity contribution < 1.29 is 0 Å². The van der Waals surface area contributed by atoms with Gasteiger partial charge in [0.15, 0.2) is 0 Å². The van der Waals surface area contributed by atoms with E-state index in [2.05, 4.69) is 40.0 Å². The van der Waals surface area contributed by atoms with Crippen molar-refractivity contribution in [1.29, 1.82) is 0 Å². The van der Waals surface area contributed by atoms with Crippen LogP contribution in [0.4, 0.5) is 0 Å². The molecular weight excluding hydrogens is 222 g/mol. The second kappa shape index (κ2) is 3.68. The van der Waals surface area contributed by atoms with E-state index >= 15 is 0 Å². The topological polar surface area (TPSA) is 15.8 Å². The fourth-order valence-electron chi connectivity index (χ4n) is 1.62. The minimum atomic E-state index is 1.19. The van der Waals surface area contributed by atoms with Crippen molar-refractivity contribution in [2.24, 2.45) is 0 Å². The molecule has 3 heteroatoms.